The Labute approximate surface area is 119 Å². The lowest BCUT2D eigenvalue weighted by Gasteiger charge is -2.03. The Morgan fingerprint density at radius 1 is 1.30 bits per heavy atom. The SMILES string of the molecule is CCc1ccc(-c2csc3nnc(CC(=O)O)n23)cc1. The number of fused-ring (bicyclic) bond motifs is 1. The molecule has 0 aliphatic heterocycles. The molecule has 0 aliphatic carbocycles. The molecule has 0 spiro atoms. The standard InChI is InChI=1S/C14H13N3O2S/c1-2-9-3-5-10(6-4-9)11-8-20-14-16-15-12(17(11)14)7-13(18)19/h3-6,8H,2,7H2,1H3,(H,18,19). The molecule has 0 bridgehead atoms. The van der Waals surface area contributed by atoms with Gasteiger partial charge in [0.05, 0.1) is 5.69 Å². The Morgan fingerprint density at radius 3 is 2.70 bits per heavy atom. The average Bonchev–Trinajstić information content (AvgIpc) is 3.02. The topological polar surface area (TPSA) is 67.5 Å². The molecule has 3 aromatic rings. The summed E-state index contributed by atoms with van der Waals surface area (Å²) in [6, 6.07) is 8.26. The molecule has 0 unspecified atom stereocenters. The van der Waals surface area contributed by atoms with E-state index in [1.807, 2.05) is 21.9 Å². The first-order valence-electron chi connectivity index (χ1n) is 6.31. The van der Waals surface area contributed by atoms with Crippen molar-refractivity contribution in [3.8, 4) is 11.3 Å². The van der Waals surface area contributed by atoms with Gasteiger partial charge >= 0.3 is 5.97 Å². The summed E-state index contributed by atoms with van der Waals surface area (Å²) in [5.41, 5.74) is 3.25. The van der Waals surface area contributed by atoms with Gasteiger partial charge in [-0.15, -0.1) is 21.5 Å². The second-order valence-corrected chi connectivity index (χ2v) is 5.31. The Morgan fingerprint density at radius 2 is 2.05 bits per heavy atom. The summed E-state index contributed by atoms with van der Waals surface area (Å²) in [4.78, 5) is 11.6. The maximum Gasteiger partial charge on any atom is 0.311 e. The van der Waals surface area contributed by atoms with Crippen molar-refractivity contribution < 1.29 is 9.90 Å². The molecule has 20 heavy (non-hydrogen) atoms. The number of nitrogens with zero attached hydrogens (tertiary/aromatic N) is 3. The van der Waals surface area contributed by atoms with E-state index in [0.29, 0.717) is 5.82 Å². The van der Waals surface area contributed by atoms with Crippen molar-refractivity contribution in [2.75, 3.05) is 0 Å². The van der Waals surface area contributed by atoms with Crippen molar-refractivity contribution in [3.63, 3.8) is 0 Å². The van der Waals surface area contributed by atoms with Crippen LogP contribution in [-0.2, 0) is 17.6 Å². The highest BCUT2D eigenvalue weighted by Crippen LogP contribution is 2.27. The molecule has 0 radical (unpaired) electrons. The quantitative estimate of drug-likeness (QED) is 0.801. The summed E-state index contributed by atoms with van der Waals surface area (Å²) in [5, 5.41) is 18.9. The van der Waals surface area contributed by atoms with Crippen LogP contribution in [0.5, 0.6) is 0 Å². The lowest BCUT2D eigenvalue weighted by atomic mass is 10.1. The number of hydrogen-bond donors (Lipinski definition) is 1. The van der Waals surface area contributed by atoms with E-state index in [9.17, 15) is 4.79 Å². The minimum atomic E-state index is -0.905. The molecule has 0 amide bonds. The third-order valence-corrected chi connectivity index (χ3v) is 4.00. The second kappa shape index (κ2) is 5.05. The number of aliphatic carboxylic acids is 1. The molecule has 2 aromatic heterocycles. The largest absolute Gasteiger partial charge is 0.481 e. The van der Waals surface area contributed by atoms with E-state index in [2.05, 4.69) is 29.3 Å². The lowest BCUT2D eigenvalue weighted by Crippen LogP contribution is -2.05. The number of benzene rings is 1. The number of thiazole rings is 1. The van der Waals surface area contributed by atoms with Gasteiger partial charge in [0.25, 0.3) is 0 Å². The molecule has 6 heteroatoms. The molecular weight excluding hydrogens is 274 g/mol. The summed E-state index contributed by atoms with van der Waals surface area (Å²) in [6.07, 6.45) is 0.869. The van der Waals surface area contributed by atoms with Crippen LogP contribution < -0.4 is 0 Å². The van der Waals surface area contributed by atoms with E-state index < -0.39 is 5.97 Å². The first kappa shape index (κ1) is 12.8. The van der Waals surface area contributed by atoms with Gasteiger partial charge < -0.3 is 5.11 Å². The van der Waals surface area contributed by atoms with Crippen LogP contribution in [0, 0.1) is 0 Å². The van der Waals surface area contributed by atoms with Gasteiger partial charge in [-0.05, 0) is 17.5 Å². The minimum Gasteiger partial charge on any atom is -0.481 e. The maximum absolute atomic E-state index is 10.9. The monoisotopic (exact) mass is 287 g/mol. The first-order chi connectivity index (χ1) is 9.69. The molecule has 1 aromatic carbocycles. The number of hydrogen-bond acceptors (Lipinski definition) is 4. The Balaban J connectivity index is 2.10. The number of carboxylic acid groups (broad SMARTS) is 1. The fourth-order valence-corrected chi connectivity index (χ4v) is 2.99. The number of rotatable bonds is 4. The number of carboxylic acids is 1. The summed E-state index contributed by atoms with van der Waals surface area (Å²) >= 11 is 1.46. The van der Waals surface area contributed by atoms with Gasteiger partial charge in [-0.3, -0.25) is 9.20 Å². The Hall–Kier alpha value is -2.21. The van der Waals surface area contributed by atoms with Crippen molar-refractivity contribution in [2.24, 2.45) is 0 Å². The molecule has 5 nitrogen and oxygen atoms in total. The Bertz CT molecular complexity index is 758. The van der Waals surface area contributed by atoms with Gasteiger partial charge in [-0.1, -0.05) is 31.2 Å². The Kier molecular flexibility index (Phi) is 3.23. The normalized spacial score (nSPS) is 11.1. The van der Waals surface area contributed by atoms with E-state index >= 15 is 0 Å². The van der Waals surface area contributed by atoms with Gasteiger partial charge in [0, 0.05) is 5.38 Å². The van der Waals surface area contributed by atoms with Crippen LogP contribution in [0.15, 0.2) is 29.6 Å². The zero-order chi connectivity index (χ0) is 14.1. The van der Waals surface area contributed by atoms with Crippen molar-refractivity contribution in [2.45, 2.75) is 19.8 Å². The molecule has 3 rings (SSSR count). The lowest BCUT2D eigenvalue weighted by molar-refractivity contribution is -0.136. The first-order valence-corrected chi connectivity index (χ1v) is 7.19. The summed E-state index contributed by atoms with van der Waals surface area (Å²) in [6.45, 7) is 2.11. The van der Waals surface area contributed by atoms with Crippen LogP contribution in [0.25, 0.3) is 16.2 Å². The van der Waals surface area contributed by atoms with E-state index in [4.69, 9.17) is 5.11 Å². The number of carbonyl (C=O) groups is 1. The summed E-state index contributed by atoms with van der Waals surface area (Å²) in [5.74, 6) is -0.443. The zero-order valence-corrected chi connectivity index (χ0v) is 11.7. The predicted molar refractivity (Wildman–Crippen MR) is 77.0 cm³/mol. The van der Waals surface area contributed by atoms with Crippen LogP contribution in [0.1, 0.15) is 18.3 Å². The van der Waals surface area contributed by atoms with E-state index in [1.165, 1.54) is 16.9 Å². The molecule has 0 fully saturated rings. The van der Waals surface area contributed by atoms with E-state index in [1.54, 1.807) is 0 Å². The second-order valence-electron chi connectivity index (χ2n) is 4.48. The molecule has 2 heterocycles. The highest BCUT2D eigenvalue weighted by molar-refractivity contribution is 7.15. The van der Waals surface area contributed by atoms with Gasteiger partial charge in [-0.2, -0.15) is 0 Å². The van der Waals surface area contributed by atoms with Crippen molar-refractivity contribution in [1.29, 1.82) is 0 Å². The van der Waals surface area contributed by atoms with Gasteiger partial charge in [0.2, 0.25) is 4.96 Å². The van der Waals surface area contributed by atoms with Crippen LogP contribution >= 0.6 is 11.3 Å². The molecule has 0 aliphatic rings. The molecular formula is C14H13N3O2S. The number of aryl methyl sites for hydroxylation is 1. The highest BCUT2D eigenvalue weighted by atomic mass is 32.1. The maximum atomic E-state index is 10.9. The van der Waals surface area contributed by atoms with E-state index in [0.717, 1.165) is 22.6 Å². The average molecular weight is 287 g/mol. The minimum absolute atomic E-state index is 0.127. The third kappa shape index (κ3) is 2.18. The molecule has 0 atom stereocenters. The zero-order valence-electron chi connectivity index (χ0n) is 10.9. The van der Waals surface area contributed by atoms with Crippen molar-refractivity contribution in [3.05, 3.63) is 41.0 Å². The van der Waals surface area contributed by atoms with Gasteiger partial charge in [-0.25, -0.2) is 0 Å². The van der Waals surface area contributed by atoms with Crippen LogP contribution in [0.2, 0.25) is 0 Å². The number of aromatic nitrogens is 3. The van der Waals surface area contributed by atoms with E-state index in [-0.39, 0.29) is 6.42 Å². The summed E-state index contributed by atoms with van der Waals surface area (Å²) in [7, 11) is 0. The van der Waals surface area contributed by atoms with Crippen LogP contribution in [-0.4, -0.2) is 25.7 Å². The fourth-order valence-electron chi connectivity index (χ4n) is 2.14. The molecule has 0 saturated heterocycles. The molecule has 1 N–H and O–H groups in total. The molecule has 0 saturated carbocycles. The van der Waals surface area contributed by atoms with Crippen LogP contribution in [0.3, 0.4) is 0 Å². The predicted octanol–water partition coefficient (Wildman–Crippen LogP) is 2.65. The van der Waals surface area contributed by atoms with Crippen molar-refractivity contribution in [1.82, 2.24) is 14.6 Å². The summed E-state index contributed by atoms with van der Waals surface area (Å²) < 4.78 is 1.82. The third-order valence-electron chi connectivity index (χ3n) is 3.18. The fraction of sp³-hybridized carbons (Fsp3) is 0.214. The van der Waals surface area contributed by atoms with Crippen molar-refractivity contribution >= 4 is 22.3 Å². The molecule has 102 valence electrons. The highest BCUT2D eigenvalue weighted by Gasteiger charge is 2.15. The van der Waals surface area contributed by atoms with Crippen LogP contribution in [0.4, 0.5) is 0 Å². The van der Waals surface area contributed by atoms with Gasteiger partial charge in [0.1, 0.15) is 12.2 Å². The van der Waals surface area contributed by atoms with Gasteiger partial charge in [0.15, 0.2) is 0 Å². The smallest absolute Gasteiger partial charge is 0.311 e.